The lowest BCUT2D eigenvalue weighted by Gasteiger charge is -2.36. The van der Waals surface area contributed by atoms with Gasteiger partial charge in [-0.05, 0) is 18.8 Å². The average molecular weight is 336 g/mol. The Balaban J connectivity index is 1.62. The van der Waals surface area contributed by atoms with Crippen LogP contribution in [-0.2, 0) is 9.47 Å². The first kappa shape index (κ1) is 17.4. The van der Waals surface area contributed by atoms with Crippen molar-refractivity contribution in [2.24, 2.45) is 5.92 Å². The van der Waals surface area contributed by atoms with Gasteiger partial charge in [0, 0.05) is 65.5 Å². The largest absolute Gasteiger partial charge is 0.396 e. The molecule has 134 valence electrons. The third kappa shape index (κ3) is 4.15. The van der Waals surface area contributed by atoms with Crippen LogP contribution < -0.4 is 10.2 Å². The second-order valence-corrected chi connectivity index (χ2v) is 6.75. The lowest BCUT2D eigenvalue weighted by molar-refractivity contribution is -0.0807. The van der Waals surface area contributed by atoms with Gasteiger partial charge < -0.3 is 24.8 Å². The molecular formula is C17H28N4O3. The van der Waals surface area contributed by atoms with E-state index in [1.807, 2.05) is 6.07 Å². The van der Waals surface area contributed by atoms with Gasteiger partial charge in [0.25, 0.3) is 0 Å². The molecule has 2 aliphatic heterocycles. The fourth-order valence-electron chi connectivity index (χ4n) is 3.49. The number of piperidine rings is 1. The highest BCUT2D eigenvalue weighted by Crippen LogP contribution is 2.26. The van der Waals surface area contributed by atoms with Gasteiger partial charge >= 0.3 is 0 Å². The van der Waals surface area contributed by atoms with E-state index in [9.17, 15) is 5.11 Å². The van der Waals surface area contributed by atoms with E-state index < -0.39 is 0 Å². The first-order valence-corrected chi connectivity index (χ1v) is 8.79. The molecule has 1 aromatic rings. The monoisotopic (exact) mass is 336 g/mol. The minimum Gasteiger partial charge on any atom is -0.396 e. The SMILES string of the molecule is COC1(CNc2cc(N3CCCC(CO)C3)ncn2)CCOCC1. The van der Waals surface area contributed by atoms with Crippen LogP contribution in [0.2, 0.25) is 0 Å². The molecule has 0 amide bonds. The lowest BCUT2D eigenvalue weighted by Crippen LogP contribution is -2.44. The maximum absolute atomic E-state index is 9.40. The Kier molecular flexibility index (Phi) is 5.86. The molecule has 1 aromatic heterocycles. The second kappa shape index (κ2) is 8.09. The van der Waals surface area contributed by atoms with Gasteiger partial charge in [0.05, 0.1) is 5.60 Å². The van der Waals surface area contributed by atoms with E-state index in [2.05, 4.69) is 20.2 Å². The quantitative estimate of drug-likeness (QED) is 0.810. The van der Waals surface area contributed by atoms with Crippen molar-refractivity contribution in [1.82, 2.24) is 9.97 Å². The van der Waals surface area contributed by atoms with Gasteiger partial charge in [-0.3, -0.25) is 0 Å². The number of rotatable bonds is 6. The molecule has 24 heavy (non-hydrogen) atoms. The zero-order valence-electron chi connectivity index (χ0n) is 14.4. The van der Waals surface area contributed by atoms with Crippen LogP contribution in [0.15, 0.2) is 12.4 Å². The van der Waals surface area contributed by atoms with Crippen molar-refractivity contribution in [3.63, 3.8) is 0 Å². The minimum absolute atomic E-state index is 0.184. The third-order valence-corrected chi connectivity index (χ3v) is 5.18. The second-order valence-electron chi connectivity index (χ2n) is 6.75. The summed E-state index contributed by atoms with van der Waals surface area (Å²) in [5, 5.41) is 12.8. The van der Waals surface area contributed by atoms with Crippen LogP contribution in [0.5, 0.6) is 0 Å². The fraction of sp³-hybridized carbons (Fsp3) is 0.765. The number of aliphatic hydroxyl groups excluding tert-OH is 1. The molecule has 1 atom stereocenters. The van der Waals surface area contributed by atoms with Crippen LogP contribution in [-0.4, -0.2) is 67.2 Å². The van der Waals surface area contributed by atoms with Gasteiger partial charge in [-0.25, -0.2) is 9.97 Å². The Bertz CT molecular complexity index is 522. The van der Waals surface area contributed by atoms with Crippen molar-refractivity contribution in [3.05, 3.63) is 12.4 Å². The summed E-state index contributed by atoms with van der Waals surface area (Å²) in [7, 11) is 1.77. The van der Waals surface area contributed by atoms with Gasteiger partial charge in [-0.2, -0.15) is 0 Å². The number of hydrogen-bond acceptors (Lipinski definition) is 7. The molecule has 3 heterocycles. The van der Waals surface area contributed by atoms with E-state index in [0.29, 0.717) is 12.5 Å². The summed E-state index contributed by atoms with van der Waals surface area (Å²) >= 11 is 0. The Labute approximate surface area is 143 Å². The number of nitrogens with one attached hydrogen (secondary N) is 1. The Morgan fingerprint density at radius 2 is 2.25 bits per heavy atom. The molecule has 1 unspecified atom stereocenters. The zero-order chi connectivity index (χ0) is 16.8. The number of aromatic nitrogens is 2. The predicted octanol–water partition coefficient (Wildman–Crippen LogP) is 1.29. The molecular weight excluding hydrogens is 308 g/mol. The van der Waals surface area contributed by atoms with Crippen molar-refractivity contribution >= 4 is 11.6 Å². The molecule has 2 aliphatic rings. The molecule has 7 heteroatoms. The van der Waals surface area contributed by atoms with Crippen LogP contribution in [0.1, 0.15) is 25.7 Å². The summed E-state index contributed by atoms with van der Waals surface area (Å²) in [6, 6.07) is 1.99. The van der Waals surface area contributed by atoms with E-state index in [4.69, 9.17) is 9.47 Å². The van der Waals surface area contributed by atoms with Crippen molar-refractivity contribution < 1.29 is 14.6 Å². The maximum atomic E-state index is 9.40. The standard InChI is InChI=1S/C17H28N4O3/c1-23-17(4-7-24-8-5-17)12-18-15-9-16(20-13-19-15)21-6-2-3-14(10-21)11-22/h9,13-14,22H,2-8,10-12H2,1H3,(H,18,19,20). The van der Waals surface area contributed by atoms with Crippen LogP contribution in [0.4, 0.5) is 11.6 Å². The summed E-state index contributed by atoms with van der Waals surface area (Å²) in [6.07, 6.45) is 5.55. The molecule has 0 bridgehead atoms. The zero-order valence-corrected chi connectivity index (χ0v) is 14.4. The van der Waals surface area contributed by atoms with Gasteiger partial charge in [-0.1, -0.05) is 0 Å². The molecule has 0 aliphatic carbocycles. The van der Waals surface area contributed by atoms with Crippen LogP contribution in [0.25, 0.3) is 0 Å². The number of hydrogen-bond donors (Lipinski definition) is 2. The predicted molar refractivity (Wildman–Crippen MR) is 92.3 cm³/mol. The Morgan fingerprint density at radius 3 is 3.00 bits per heavy atom. The Hall–Kier alpha value is -1.44. The van der Waals surface area contributed by atoms with Crippen molar-refractivity contribution in [1.29, 1.82) is 0 Å². The number of anilines is 2. The first-order valence-electron chi connectivity index (χ1n) is 8.79. The minimum atomic E-state index is -0.184. The highest BCUT2D eigenvalue weighted by molar-refractivity contribution is 5.49. The highest BCUT2D eigenvalue weighted by atomic mass is 16.5. The van der Waals surface area contributed by atoms with Gasteiger partial charge in [0.2, 0.25) is 0 Å². The highest BCUT2D eigenvalue weighted by Gasteiger charge is 2.32. The summed E-state index contributed by atoms with van der Waals surface area (Å²) in [5.74, 6) is 2.07. The molecule has 2 N–H and O–H groups in total. The van der Waals surface area contributed by atoms with E-state index in [0.717, 1.165) is 63.6 Å². The van der Waals surface area contributed by atoms with Crippen molar-refractivity contribution in [3.8, 4) is 0 Å². The van der Waals surface area contributed by atoms with E-state index in [1.54, 1.807) is 13.4 Å². The summed E-state index contributed by atoms with van der Waals surface area (Å²) in [4.78, 5) is 11.0. The molecule has 7 nitrogen and oxygen atoms in total. The van der Waals surface area contributed by atoms with Crippen LogP contribution in [0.3, 0.4) is 0 Å². The van der Waals surface area contributed by atoms with E-state index >= 15 is 0 Å². The fourth-order valence-corrected chi connectivity index (χ4v) is 3.49. The number of nitrogens with zero attached hydrogens (tertiary/aromatic N) is 3. The summed E-state index contributed by atoms with van der Waals surface area (Å²) in [5.41, 5.74) is -0.184. The van der Waals surface area contributed by atoms with E-state index in [1.165, 1.54) is 0 Å². The summed E-state index contributed by atoms with van der Waals surface area (Å²) < 4.78 is 11.2. The Morgan fingerprint density at radius 1 is 1.42 bits per heavy atom. The molecule has 2 fully saturated rings. The van der Waals surface area contributed by atoms with Crippen LogP contribution in [0, 0.1) is 5.92 Å². The number of methoxy groups -OCH3 is 1. The molecule has 0 saturated carbocycles. The number of ether oxygens (including phenoxy) is 2. The molecule has 0 aromatic carbocycles. The van der Waals surface area contributed by atoms with Crippen molar-refractivity contribution in [2.75, 3.05) is 56.8 Å². The molecule has 3 rings (SSSR count). The average Bonchev–Trinajstić information content (AvgIpc) is 2.67. The lowest BCUT2D eigenvalue weighted by atomic mass is 9.94. The third-order valence-electron chi connectivity index (χ3n) is 5.18. The molecule has 2 saturated heterocycles. The summed E-state index contributed by atoms with van der Waals surface area (Å²) in [6.45, 7) is 4.26. The molecule has 0 radical (unpaired) electrons. The van der Waals surface area contributed by atoms with Crippen LogP contribution >= 0.6 is 0 Å². The van der Waals surface area contributed by atoms with Gasteiger partial charge in [-0.15, -0.1) is 0 Å². The number of aliphatic hydroxyl groups is 1. The smallest absolute Gasteiger partial charge is 0.134 e. The van der Waals surface area contributed by atoms with Crippen molar-refractivity contribution in [2.45, 2.75) is 31.3 Å². The van der Waals surface area contributed by atoms with E-state index in [-0.39, 0.29) is 12.2 Å². The van der Waals surface area contributed by atoms with Gasteiger partial charge in [0.15, 0.2) is 0 Å². The van der Waals surface area contributed by atoms with Gasteiger partial charge in [0.1, 0.15) is 18.0 Å². The normalized spacial score (nSPS) is 23.9. The maximum Gasteiger partial charge on any atom is 0.134 e. The topological polar surface area (TPSA) is 79.7 Å². The first-order chi connectivity index (χ1) is 11.7. The molecule has 0 spiro atoms.